The highest BCUT2D eigenvalue weighted by molar-refractivity contribution is 6.03. The number of halogens is 3. The monoisotopic (exact) mass is 341 g/mol. The quantitative estimate of drug-likeness (QED) is 0.918. The second-order valence-corrected chi connectivity index (χ2v) is 5.39. The zero-order valence-electron chi connectivity index (χ0n) is 12.5. The molecule has 1 saturated carbocycles. The number of oxazole rings is 1. The summed E-state index contributed by atoms with van der Waals surface area (Å²) in [6.07, 6.45) is 1.45. The van der Waals surface area contributed by atoms with Gasteiger partial charge in [-0.05, 0) is 31.7 Å². The number of hydrogen-bond donors (Lipinski definition) is 1. The van der Waals surface area contributed by atoms with Crippen molar-refractivity contribution in [2.45, 2.75) is 38.0 Å². The molecular weight excluding hydrogens is 327 g/mol. The van der Waals surface area contributed by atoms with Crippen molar-refractivity contribution in [2.24, 2.45) is 0 Å². The Bertz CT molecular complexity index is 707. The van der Waals surface area contributed by atoms with E-state index in [0.717, 1.165) is 25.7 Å². The lowest BCUT2D eigenvalue weighted by atomic mass is 10.3. The topological polar surface area (TPSA) is 77.2 Å². The molecule has 0 spiro atoms. The van der Waals surface area contributed by atoms with E-state index in [2.05, 4.69) is 19.7 Å². The summed E-state index contributed by atoms with van der Waals surface area (Å²) in [5, 5.41) is 2.30. The van der Waals surface area contributed by atoms with Gasteiger partial charge in [-0.25, -0.2) is 9.97 Å². The Kier molecular flexibility index (Phi) is 4.41. The lowest BCUT2D eigenvalue weighted by Crippen LogP contribution is -2.18. The number of carbonyl (C=O) groups excluding carboxylic acids is 1. The van der Waals surface area contributed by atoms with Crippen LogP contribution in [0.1, 0.15) is 41.9 Å². The molecule has 0 bridgehead atoms. The number of aromatic nitrogens is 2. The minimum atomic E-state index is -4.79. The zero-order valence-corrected chi connectivity index (χ0v) is 12.5. The average Bonchev–Trinajstić information content (AvgIpc) is 3.19. The molecular formula is C15H14F3N3O3. The highest BCUT2D eigenvalue weighted by atomic mass is 19.4. The molecule has 3 rings (SSSR count). The van der Waals surface area contributed by atoms with E-state index in [4.69, 9.17) is 4.74 Å². The molecule has 2 heterocycles. The third-order valence-electron chi connectivity index (χ3n) is 3.62. The van der Waals surface area contributed by atoms with E-state index < -0.39 is 23.5 Å². The number of amides is 1. The van der Waals surface area contributed by atoms with Crippen LogP contribution >= 0.6 is 0 Å². The van der Waals surface area contributed by atoms with Crippen LogP contribution in [0.2, 0.25) is 0 Å². The van der Waals surface area contributed by atoms with Crippen LogP contribution in [0.3, 0.4) is 0 Å². The van der Waals surface area contributed by atoms with Gasteiger partial charge in [-0.2, -0.15) is 13.2 Å². The number of anilines is 1. The molecule has 0 radical (unpaired) electrons. The first kappa shape index (κ1) is 16.3. The molecule has 1 aliphatic carbocycles. The average molecular weight is 341 g/mol. The van der Waals surface area contributed by atoms with Gasteiger partial charge >= 0.3 is 6.18 Å². The molecule has 1 amide bonds. The third-order valence-corrected chi connectivity index (χ3v) is 3.62. The fourth-order valence-corrected chi connectivity index (χ4v) is 2.50. The molecule has 0 unspecified atom stereocenters. The van der Waals surface area contributed by atoms with E-state index >= 15 is 0 Å². The highest BCUT2D eigenvalue weighted by Gasteiger charge is 2.40. The summed E-state index contributed by atoms with van der Waals surface area (Å²) in [4.78, 5) is 19.3. The molecule has 0 saturated heterocycles. The summed E-state index contributed by atoms with van der Waals surface area (Å²) in [5.74, 6) is -2.05. The van der Waals surface area contributed by atoms with Gasteiger partial charge in [0.05, 0.1) is 11.9 Å². The summed E-state index contributed by atoms with van der Waals surface area (Å²) < 4.78 is 48.0. The van der Waals surface area contributed by atoms with E-state index in [1.54, 1.807) is 6.07 Å². The Morgan fingerprint density at radius 2 is 2.00 bits per heavy atom. The molecule has 9 heteroatoms. The van der Waals surface area contributed by atoms with Crippen LogP contribution in [0.15, 0.2) is 29.1 Å². The Morgan fingerprint density at radius 1 is 1.25 bits per heavy atom. The predicted molar refractivity (Wildman–Crippen MR) is 76.6 cm³/mol. The van der Waals surface area contributed by atoms with E-state index in [0.29, 0.717) is 12.3 Å². The predicted octanol–water partition coefficient (Wildman–Crippen LogP) is 3.66. The molecule has 0 aromatic carbocycles. The van der Waals surface area contributed by atoms with Crippen LogP contribution in [0.25, 0.3) is 0 Å². The van der Waals surface area contributed by atoms with Crippen LogP contribution in [-0.4, -0.2) is 22.0 Å². The molecule has 6 nitrogen and oxygen atoms in total. The maximum atomic E-state index is 12.7. The van der Waals surface area contributed by atoms with Crippen molar-refractivity contribution >= 4 is 11.6 Å². The fraction of sp³-hybridized carbons (Fsp3) is 0.400. The molecule has 1 aliphatic rings. The van der Waals surface area contributed by atoms with Crippen LogP contribution in [0.4, 0.5) is 18.9 Å². The maximum Gasteiger partial charge on any atom is 0.452 e. The largest absolute Gasteiger partial charge is 0.474 e. The number of hydrogen-bond acceptors (Lipinski definition) is 5. The van der Waals surface area contributed by atoms with Gasteiger partial charge in [0.25, 0.3) is 5.91 Å². The van der Waals surface area contributed by atoms with Gasteiger partial charge in [0, 0.05) is 6.07 Å². The Hall–Kier alpha value is -2.58. The van der Waals surface area contributed by atoms with Crippen molar-refractivity contribution in [1.29, 1.82) is 0 Å². The van der Waals surface area contributed by atoms with Gasteiger partial charge in [0.15, 0.2) is 12.1 Å². The summed E-state index contributed by atoms with van der Waals surface area (Å²) in [5.41, 5.74) is -0.594. The molecule has 1 fully saturated rings. The number of carbonyl (C=O) groups is 1. The minimum absolute atomic E-state index is 0.141. The standard InChI is InChI=1S/C15H14F3N3O3/c16-15(17,18)13-12(20-8-23-13)14(22)21-9-5-6-11(19-7-9)24-10-3-1-2-4-10/h5-8,10H,1-4H2,(H,21,22). The van der Waals surface area contributed by atoms with Gasteiger partial charge in [-0.3, -0.25) is 4.79 Å². The number of nitrogens with one attached hydrogen (secondary N) is 1. The van der Waals surface area contributed by atoms with Crippen LogP contribution < -0.4 is 10.1 Å². The zero-order chi connectivity index (χ0) is 17.2. The lowest BCUT2D eigenvalue weighted by molar-refractivity contribution is -0.153. The summed E-state index contributed by atoms with van der Waals surface area (Å²) in [6.45, 7) is 0. The smallest absolute Gasteiger partial charge is 0.452 e. The maximum absolute atomic E-state index is 12.7. The van der Waals surface area contributed by atoms with E-state index in [1.807, 2.05) is 0 Å². The Labute approximate surface area is 135 Å². The molecule has 2 aromatic rings. The van der Waals surface area contributed by atoms with Crippen molar-refractivity contribution in [3.63, 3.8) is 0 Å². The van der Waals surface area contributed by atoms with Crippen molar-refractivity contribution < 1.29 is 27.1 Å². The minimum Gasteiger partial charge on any atom is -0.474 e. The van der Waals surface area contributed by atoms with Crippen LogP contribution in [-0.2, 0) is 6.18 Å². The normalized spacial score (nSPS) is 15.5. The molecule has 24 heavy (non-hydrogen) atoms. The van der Waals surface area contributed by atoms with Crippen LogP contribution in [0.5, 0.6) is 5.88 Å². The van der Waals surface area contributed by atoms with Crippen molar-refractivity contribution in [1.82, 2.24) is 9.97 Å². The fourth-order valence-electron chi connectivity index (χ4n) is 2.50. The van der Waals surface area contributed by atoms with Crippen molar-refractivity contribution in [3.8, 4) is 5.88 Å². The third kappa shape index (κ3) is 3.66. The van der Waals surface area contributed by atoms with Gasteiger partial charge in [0.1, 0.15) is 6.10 Å². The van der Waals surface area contributed by atoms with Gasteiger partial charge in [-0.1, -0.05) is 0 Å². The molecule has 0 atom stereocenters. The molecule has 0 aliphatic heterocycles. The number of pyridine rings is 1. The van der Waals surface area contributed by atoms with Crippen molar-refractivity contribution in [2.75, 3.05) is 5.32 Å². The first-order chi connectivity index (χ1) is 11.4. The van der Waals surface area contributed by atoms with Gasteiger partial charge in [-0.15, -0.1) is 0 Å². The van der Waals surface area contributed by atoms with E-state index in [-0.39, 0.29) is 11.8 Å². The second kappa shape index (κ2) is 6.50. The Balaban J connectivity index is 1.65. The molecule has 128 valence electrons. The second-order valence-electron chi connectivity index (χ2n) is 5.39. The Morgan fingerprint density at radius 3 is 2.62 bits per heavy atom. The highest BCUT2D eigenvalue weighted by Crippen LogP contribution is 2.32. The van der Waals surface area contributed by atoms with Gasteiger partial charge < -0.3 is 14.5 Å². The lowest BCUT2D eigenvalue weighted by Gasteiger charge is -2.12. The first-order valence-corrected chi connectivity index (χ1v) is 7.38. The van der Waals surface area contributed by atoms with E-state index in [1.165, 1.54) is 12.3 Å². The van der Waals surface area contributed by atoms with Crippen molar-refractivity contribution in [3.05, 3.63) is 36.2 Å². The summed E-state index contributed by atoms with van der Waals surface area (Å²) in [6, 6.07) is 3.06. The van der Waals surface area contributed by atoms with Crippen LogP contribution in [0, 0.1) is 0 Å². The summed E-state index contributed by atoms with van der Waals surface area (Å²) >= 11 is 0. The first-order valence-electron chi connectivity index (χ1n) is 7.38. The van der Waals surface area contributed by atoms with E-state index in [9.17, 15) is 18.0 Å². The van der Waals surface area contributed by atoms with Gasteiger partial charge in [0.2, 0.25) is 11.6 Å². The number of rotatable bonds is 4. The number of nitrogens with zero attached hydrogens (tertiary/aromatic N) is 2. The summed E-state index contributed by atoms with van der Waals surface area (Å²) in [7, 11) is 0. The molecule has 1 N–H and O–H groups in total. The SMILES string of the molecule is O=C(Nc1ccc(OC2CCCC2)nc1)c1ncoc1C(F)(F)F. The number of alkyl halides is 3. The molecule has 2 aromatic heterocycles. The number of ether oxygens (including phenoxy) is 1.